The number of nitrogens with one attached hydrogen (secondary N) is 1. The van der Waals surface area contributed by atoms with Crippen LogP contribution in [0.5, 0.6) is 0 Å². The molecule has 4 heteroatoms. The molecule has 0 aliphatic carbocycles. The molecule has 2 atom stereocenters. The Morgan fingerprint density at radius 1 is 1.33 bits per heavy atom. The predicted octanol–water partition coefficient (Wildman–Crippen LogP) is 4.32. The summed E-state index contributed by atoms with van der Waals surface area (Å²) < 4.78 is 5.19. The molecule has 0 spiro atoms. The molecule has 2 nitrogen and oxygen atoms in total. The quantitative estimate of drug-likeness (QED) is 0.807. The van der Waals surface area contributed by atoms with Crippen LogP contribution in [0, 0.1) is 5.92 Å². The normalized spacial score (nSPS) is 14.5. The van der Waals surface area contributed by atoms with Gasteiger partial charge in [0.1, 0.15) is 0 Å². The van der Waals surface area contributed by atoms with Crippen molar-refractivity contribution in [2.45, 2.75) is 26.3 Å². The summed E-state index contributed by atoms with van der Waals surface area (Å²) in [5.74, 6) is 0.467. The molecule has 1 aromatic rings. The molecule has 18 heavy (non-hydrogen) atoms. The third-order valence-electron chi connectivity index (χ3n) is 2.90. The van der Waals surface area contributed by atoms with Crippen LogP contribution in [0.2, 0.25) is 10.0 Å². The lowest BCUT2D eigenvalue weighted by Crippen LogP contribution is -2.24. The Morgan fingerprint density at radius 3 is 2.67 bits per heavy atom. The van der Waals surface area contributed by atoms with Crippen LogP contribution in [0.4, 0.5) is 0 Å². The van der Waals surface area contributed by atoms with Gasteiger partial charge in [0.05, 0.1) is 10.0 Å². The highest BCUT2D eigenvalue weighted by atomic mass is 35.5. The molecule has 1 rings (SSSR count). The van der Waals surface area contributed by atoms with Crippen LogP contribution in [0.15, 0.2) is 18.2 Å². The summed E-state index contributed by atoms with van der Waals surface area (Å²) in [5.41, 5.74) is 1.06. The number of ether oxygens (including phenoxy) is 1. The molecule has 0 aliphatic heterocycles. The molecular weight excluding hydrogens is 269 g/mol. The molecule has 0 heterocycles. The Bertz CT molecular complexity index is 371. The molecule has 0 fully saturated rings. The van der Waals surface area contributed by atoms with Crippen LogP contribution in [0.1, 0.15) is 31.9 Å². The van der Waals surface area contributed by atoms with Crippen molar-refractivity contribution in [1.82, 2.24) is 5.32 Å². The van der Waals surface area contributed by atoms with E-state index in [1.54, 1.807) is 7.11 Å². The fraction of sp³-hybridized carbons (Fsp3) is 0.571. The van der Waals surface area contributed by atoms with E-state index in [0.29, 0.717) is 16.0 Å². The van der Waals surface area contributed by atoms with Crippen LogP contribution in [-0.2, 0) is 4.74 Å². The van der Waals surface area contributed by atoms with Crippen LogP contribution in [-0.4, -0.2) is 20.3 Å². The van der Waals surface area contributed by atoms with Gasteiger partial charge >= 0.3 is 0 Å². The van der Waals surface area contributed by atoms with Crippen molar-refractivity contribution in [1.29, 1.82) is 0 Å². The molecule has 0 radical (unpaired) electrons. The Balaban J connectivity index is 2.86. The molecule has 0 bridgehead atoms. The summed E-state index contributed by atoms with van der Waals surface area (Å²) in [4.78, 5) is 0. The molecule has 1 aromatic carbocycles. The van der Waals surface area contributed by atoms with Gasteiger partial charge in [-0.1, -0.05) is 49.2 Å². The Kier molecular flexibility index (Phi) is 7.02. The molecule has 1 N–H and O–H groups in total. The molecule has 0 aliphatic rings. The highest BCUT2D eigenvalue weighted by Gasteiger charge is 2.18. The van der Waals surface area contributed by atoms with Gasteiger partial charge in [-0.25, -0.2) is 0 Å². The third-order valence-corrected chi connectivity index (χ3v) is 3.73. The number of rotatable bonds is 7. The molecular formula is C14H21Cl2NO. The number of hydrogen-bond donors (Lipinski definition) is 1. The van der Waals surface area contributed by atoms with E-state index < -0.39 is 0 Å². The van der Waals surface area contributed by atoms with E-state index in [4.69, 9.17) is 27.9 Å². The van der Waals surface area contributed by atoms with Gasteiger partial charge < -0.3 is 10.1 Å². The molecule has 0 amide bonds. The Morgan fingerprint density at radius 2 is 2.06 bits per heavy atom. The highest BCUT2D eigenvalue weighted by Crippen LogP contribution is 2.32. The van der Waals surface area contributed by atoms with Crippen molar-refractivity contribution in [2.24, 2.45) is 5.92 Å². The molecule has 102 valence electrons. The van der Waals surface area contributed by atoms with Gasteiger partial charge in [-0.15, -0.1) is 0 Å². The first-order valence-electron chi connectivity index (χ1n) is 6.26. The summed E-state index contributed by atoms with van der Waals surface area (Å²) >= 11 is 12.4. The Labute approximate surface area is 120 Å². The lowest BCUT2D eigenvalue weighted by molar-refractivity contribution is 0.149. The number of methoxy groups -OCH3 is 1. The van der Waals surface area contributed by atoms with Gasteiger partial charge in [0.2, 0.25) is 0 Å². The van der Waals surface area contributed by atoms with E-state index in [2.05, 4.69) is 19.2 Å². The second-order valence-electron chi connectivity index (χ2n) is 4.55. The van der Waals surface area contributed by atoms with Gasteiger partial charge in [0.15, 0.2) is 0 Å². The van der Waals surface area contributed by atoms with E-state index >= 15 is 0 Å². The van der Waals surface area contributed by atoms with E-state index in [1.807, 2.05) is 18.2 Å². The van der Waals surface area contributed by atoms with Crippen LogP contribution < -0.4 is 5.32 Å². The van der Waals surface area contributed by atoms with E-state index in [-0.39, 0.29) is 6.04 Å². The summed E-state index contributed by atoms with van der Waals surface area (Å²) in [6.45, 7) is 5.91. The van der Waals surface area contributed by atoms with E-state index in [1.165, 1.54) is 0 Å². The van der Waals surface area contributed by atoms with Crippen LogP contribution >= 0.6 is 23.2 Å². The van der Waals surface area contributed by atoms with Crippen LogP contribution in [0.25, 0.3) is 0 Å². The first-order chi connectivity index (χ1) is 8.60. The maximum atomic E-state index is 6.28. The molecule has 2 unspecified atom stereocenters. The van der Waals surface area contributed by atoms with Crippen LogP contribution in [0.3, 0.4) is 0 Å². The summed E-state index contributed by atoms with van der Waals surface area (Å²) in [5, 5.41) is 4.71. The Hall–Kier alpha value is -0.280. The fourth-order valence-corrected chi connectivity index (χ4v) is 2.55. The van der Waals surface area contributed by atoms with Gasteiger partial charge in [0, 0.05) is 19.8 Å². The standard InChI is InChI=1S/C14H21Cl2NO/c1-4-17-13(8-10(2)9-18-3)11-6-5-7-12(15)14(11)16/h5-7,10,13,17H,4,8-9H2,1-3H3. The maximum absolute atomic E-state index is 6.28. The monoisotopic (exact) mass is 289 g/mol. The lowest BCUT2D eigenvalue weighted by Gasteiger charge is -2.23. The SMILES string of the molecule is CCNC(CC(C)COC)c1cccc(Cl)c1Cl. The first-order valence-corrected chi connectivity index (χ1v) is 7.01. The molecule has 0 saturated heterocycles. The van der Waals surface area contributed by atoms with Crippen molar-refractivity contribution in [2.75, 3.05) is 20.3 Å². The smallest absolute Gasteiger partial charge is 0.0640 e. The predicted molar refractivity (Wildman–Crippen MR) is 78.5 cm³/mol. The van der Waals surface area contributed by atoms with E-state index in [9.17, 15) is 0 Å². The zero-order valence-corrected chi connectivity index (χ0v) is 12.7. The van der Waals surface area contributed by atoms with Gasteiger partial charge in [-0.05, 0) is 30.5 Å². The summed E-state index contributed by atoms with van der Waals surface area (Å²) in [6.07, 6.45) is 0.974. The minimum atomic E-state index is 0.214. The summed E-state index contributed by atoms with van der Waals surface area (Å²) in [7, 11) is 1.73. The van der Waals surface area contributed by atoms with E-state index in [0.717, 1.165) is 25.1 Å². The van der Waals surface area contributed by atoms with Crippen molar-refractivity contribution in [3.63, 3.8) is 0 Å². The largest absolute Gasteiger partial charge is 0.384 e. The van der Waals surface area contributed by atoms with Gasteiger partial charge in [0.25, 0.3) is 0 Å². The lowest BCUT2D eigenvalue weighted by atomic mass is 9.96. The topological polar surface area (TPSA) is 21.3 Å². The van der Waals surface area contributed by atoms with Gasteiger partial charge in [-0.3, -0.25) is 0 Å². The fourth-order valence-electron chi connectivity index (χ4n) is 2.11. The van der Waals surface area contributed by atoms with Crippen molar-refractivity contribution in [3.05, 3.63) is 33.8 Å². The zero-order chi connectivity index (χ0) is 13.5. The summed E-state index contributed by atoms with van der Waals surface area (Å²) in [6, 6.07) is 6.00. The average Bonchev–Trinajstić information content (AvgIpc) is 2.32. The van der Waals surface area contributed by atoms with Crippen molar-refractivity contribution >= 4 is 23.2 Å². The highest BCUT2D eigenvalue weighted by molar-refractivity contribution is 6.42. The van der Waals surface area contributed by atoms with Crippen molar-refractivity contribution < 1.29 is 4.74 Å². The van der Waals surface area contributed by atoms with Gasteiger partial charge in [-0.2, -0.15) is 0 Å². The van der Waals surface area contributed by atoms with Crippen molar-refractivity contribution in [3.8, 4) is 0 Å². The molecule has 0 saturated carbocycles. The second-order valence-corrected chi connectivity index (χ2v) is 5.33. The minimum Gasteiger partial charge on any atom is -0.384 e. The average molecular weight is 290 g/mol. The maximum Gasteiger partial charge on any atom is 0.0640 e. The number of halogens is 2. The first kappa shape index (κ1) is 15.8. The zero-order valence-electron chi connectivity index (χ0n) is 11.2. The third kappa shape index (κ3) is 4.43. The molecule has 0 aromatic heterocycles. The minimum absolute atomic E-state index is 0.214. The number of benzene rings is 1. The number of hydrogen-bond acceptors (Lipinski definition) is 2. The second kappa shape index (κ2) is 8.00.